The van der Waals surface area contributed by atoms with Gasteiger partial charge >= 0.3 is 5.97 Å². The minimum absolute atomic E-state index is 0.0190. The Balaban J connectivity index is 1.96. The van der Waals surface area contributed by atoms with Gasteiger partial charge in [-0.2, -0.15) is 0 Å². The van der Waals surface area contributed by atoms with E-state index in [2.05, 4.69) is 18.3 Å². The van der Waals surface area contributed by atoms with Crippen LogP contribution in [0.2, 0.25) is 0 Å². The molecule has 4 nitrogen and oxygen atoms in total. The van der Waals surface area contributed by atoms with E-state index in [1.54, 1.807) is 0 Å². The number of carbonyl (C=O) groups excluding carboxylic acids is 1. The van der Waals surface area contributed by atoms with Crippen LogP contribution in [-0.4, -0.2) is 25.2 Å². The molecule has 3 unspecified atom stereocenters. The number of fused-ring (bicyclic) bond motifs is 3. The van der Waals surface area contributed by atoms with Crippen LogP contribution in [-0.2, 0) is 14.3 Å². The number of rotatable bonds is 2. The number of hydrogen-bond donors (Lipinski definition) is 1. The van der Waals surface area contributed by atoms with Crippen molar-refractivity contribution in [1.29, 1.82) is 0 Å². The van der Waals surface area contributed by atoms with Crippen molar-refractivity contribution in [3.8, 4) is 0 Å². The van der Waals surface area contributed by atoms with Gasteiger partial charge in [-0.05, 0) is 26.3 Å². The van der Waals surface area contributed by atoms with Crippen molar-refractivity contribution in [2.24, 2.45) is 5.92 Å². The van der Waals surface area contributed by atoms with Crippen LogP contribution < -0.4 is 5.32 Å². The summed E-state index contributed by atoms with van der Waals surface area (Å²) < 4.78 is 11.0. The summed E-state index contributed by atoms with van der Waals surface area (Å²) in [4.78, 5) is 12.1. The van der Waals surface area contributed by atoms with Gasteiger partial charge in [0.2, 0.25) is 0 Å². The van der Waals surface area contributed by atoms with E-state index >= 15 is 0 Å². The van der Waals surface area contributed by atoms with E-state index in [0.717, 1.165) is 12.1 Å². The molecule has 0 saturated carbocycles. The second kappa shape index (κ2) is 4.85. The maximum atomic E-state index is 12.1. The molecule has 0 bridgehead atoms. The lowest BCUT2D eigenvalue weighted by molar-refractivity contribution is -0.146. The molecule has 0 amide bonds. The summed E-state index contributed by atoms with van der Waals surface area (Å²) in [6.45, 7) is 5.03. The molecular weight excluding hydrogens is 242 g/mol. The number of esters is 1. The fourth-order valence-electron chi connectivity index (χ4n) is 3.06. The number of ether oxygens (including phenoxy) is 2. The zero-order valence-corrected chi connectivity index (χ0v) is 11.3. The average Bonchev–Trinajstić information content (AvgIpc) is 2.87. The third-order valence-electron chi connectivity index (χ3n) is 3.93. The lowest BCUT2D eigenvalue weighted by atomic mass is 9.83. The van der Waals surface area contributed by atoms with Crippen molar-refractivity contribution < 1.29 is 14.3 Å². The first-order valence-electron chi connectivity index (χ1n) is 6.86. The van der Waals surface area contributed by atoms with Gasteiger partial charge in [0.15, 0.2) is 0 Å². The van der Waals surface area contributed by atoms with Gasteiger partial charge in [0, 0.05) is 23.8 Å². The number of carbonyl (C=O) groups is 1. The molecule has 0 aliphatic carbocycles. The minimum atomic E-state index is -0.289. The smallest absolute Gasteiger partial charge is 0.328 e. The van der Waals surface area contributed by atoms with Crippen molar-refractivity contribution in [1.82, 2.24) is 0 Å². The molecular formula is C15H19NO3. The zero-order chi connectivity index (χ0) is 13.4. The molecule has 4 heteroatoms. The first-order valence-corrected chi connectivity index (χ1v) is 6.86. The van der Waals surface area contributed by atoms with E-state index in [0.29, 0.717) is 13.2 Å². The summed E-state index contributed by atoms with van der Waals surface area (Å²) >= 11 is 0. The maximum Gasteiger partial charge on any atom is 0.328 e. The van der Waals surface area contributed by atoms with E-state index in [-0.39, 0.29) is 24.0 Å². The highest BCUT2D eigenvalue weighted by atomic mass is 16.5. The largest absolute Gasteiger partial charge is 0.464 e. The highest BCUT2D eigenvalue weighted by Gasteiger charge is 2.44. The zero-order valence-electron chi connectivity index (χ0n) is 11.3. The van der Waals surface area contributed by atoms with Crippen molar-refractivity contribution in [3.05, 3.63) is 29.3 Å². The molecule has 2 heterocycles. The van der Waals surface area contributed by atoms with E-state index in [1.807, 2.05) is 19.1 Å². The van der Waals surface area contributed by atoms with E-state index in [4.69, 9.17) is 9.47 Å². The predicted octanol–water partition coefficient (Wildman–Crippen LogP) is 2.43. The molecule has 1 aromatic rings. The monoisotopic (exact) mass is 261 g/mol. The average molecular weight is 261 g/mol. The van der Waals surface area contributed by atoms with E-state index < -0.39 is 0 Å². The predicted molar refractivity (Wildman–Crippen MR) is 72.0 cm³/mol. The molecule has 1 N–H and O–H groups in total. The number of benzene rings is 1. The number of nitrogens with one attached hydrogen (secondary N) is 1. The standard InChI is InChI=1S/C15H19NO3/c1-3-18-15(17)13-10-6-7-19-14(10)11-8-9(2)4-5-12(11)16-13/h4-5,8,10,13-14,16H,3,6-7H2,1-2H3. The molecule has 1 fully saturated rings. The van der Waals surface area contributed by atoms with Gasteiger partial charge in [-0.25, -0.2) is 4.79 Å². The van der Waals surface area contributed by atoms with E-state index in [1.165, 1.54) is 11.1 Å². The first-order chi connectivity index (χ1) is 9.20. The molecule has 1 saturated heterocycles. The quantitative estimate of drug-likeness (QED) is 0.831. The Morgan fingerprint density at radius 2 is 2.37 bits per heavy atom. The summed E-state index contributed by atoms with van der Waals surface area (Å²) in [5, 5.41) is 3.33. The van der Waals surface area contributed by atoms with Crippen LogP contribution in [0.1, 0.15) is 30.6 Å². The highest BCUT2D eigenvalue weighted by Crippen LogP contribution is 2.45. The van der Waals surface area contributed by atoms with Crippen molar-refractivity contribution in [2.45, 2.75) is 32.4 Å². The molecule has 102 valence electrons. The Bertz CT molecular complexity index is 500. The molecule has 2 aliphatic rings. The van der Waals surface area contributed by atoms with Crippen molar-refractivity contribution in [2.75, 3.05) is 18.5 Å². The molecule has 19 heavy (non-hydrogen) atoms. The third-order valence-corrected chi connectivity index (χ3v) is 3.93. The van der Waals surface area contributed by atoms with Crippen LogP contribution in [0.15, 0.2) is 18.2 Å². The number of hydrogen-bond acceptors (Lipinski definition) is 4. The Kier molecular flexibility index (Phi) is 3.19. The number of anilines is 1. The maximum absolute atomic E-state index is 12.1. The third kappa shape index (κ3) is 2.10. The first kappa shape index (κ1) is 12.5. The molecule has 1 aromatic carbocycles. The van der Waals surface area contributed by atoms with Crippen molar-refractivity contribution in [3.63, 3.8) is 0 Å². The summed E-state index contributed by atoms with van der Waals surface area (Å²) in [6.07, 6.45) is 0.916. The Morgan fingerprint density at radius 1 is 1.53 bits per heavy atom. The lowest BCUT2D eigenvalue weighted by Crippen LogP contribution is -2.43. The molecule has 0 aromatic heterocycles. The second-order valence-corrected chi connectivity index (χ2v) is 5.21. The molecule has 3 atom stereocenters. The Morgan fingerprint density at radius 3 is 3.16 bits per heavy atom. The second-order valence-electron chi connectivity index (χ2n) is 5.21. The van der Waals surface area contributed by atoms with Crippen LogP contribution in [0.5, 0.6) is 0 Å². The van der Waals surface area contributed by atoms with Gasteiger partial charge in [-0.3, -0.25) is 0 Å². The topological polar surface area (TPSA) is 47.6 Å². The SMILES string of the molecule is CCOC(=O)C1Nc2ccc(C)cc2C2OCCC12. The van der Waals surface area contributed by atoms with Gasteiger partial charge in [0.1, 0.15) is 6.04 Å². The molecule has 0 spiro atoms. The minimum Gasteiger partial charge on any atom is -0.464 e. The van der Waals surface area contributed by atoms with Crippen LogP contribution in [0.3, 0.4) is 0 Å². The summed E-state index contributed by atoms with van der Waals surface area (Å²) in [7, 11) is 0. The van der Waals surface area contributed by atoms with Gasteiger partial charge in [-0.1, -0.05) is 17.7 Å². The Hall–Kier alpha value is -1.55. The van der Waals surface area contributed by atoms with Gasteiger partial charge in [0.25, 0.3) is 0 Å². The van der Waals surface area contributed by atoms with Gasteiger partial charge < -0.3 is 14.8 Å². The van der Waals surface area contributed by atoms with Crippen molar-refractivity contribution >= 4 is 11.7 Å². The lowest BCUT2D eigenvalue weighted by Gasteiger charge is -2.34. The molecule has 0 radical (unpaired) electrons. The highest BCUT2D eigenvalue weighted by molar-refractivity contribution is 5.81. The summed E-state index contributed by atoms with van der Waals surface area (Å²) in [5.41, 5.74) is 3.37. The fraction of sp³-hybridized carbons (Fsp3) is 0.533. The normalized spacial score (nSPS) is 28.2. The van der Waals surface area contributed by atoms with Crippen LogP contribution in [0, 0.1) is 12.8 Å². The van der Waals surface area contributed by atoms with Gasteiger partial charge in [0.05, 0.1) is 12.7 Å². The summed E-state index contributed by atoms with van der Waals surface area (Å²) in [5.74, 6) is 0.00238. The van der Waals surface area contributed by atoms with Crippen LogP contribution >= 0.6 is 0 Å². The fourth-order valence-corrected chi connectivity index (χ4v) is 3.06. The molecule has 3 rings (SSSR count). The van der Waals surface area contributed by atoms with Crippen LogP contribution in [0.25, 0.3) is 0 Å². The Labute approximate surface area is 113 Å². The van der Waals surface area contributed by atoms with E-state index in [9.17, 15) is 4.79 Å². The summed E-state index contributed by atoms with van der Waals surface area (Å²) in [6, 6.07) is 5.92. The van der Waals surface area contributed by atoms with Gasteiger partial charge in [-0.15, -0.1) is 0 Å². The number of aryl methyl sites for hydroxylation is 1. The molecule has 2 aliphatic heterocycles. The van der Waals surface area contributed by atoms with Crippen LogP contribution in [0.4, 0.5) is 5.69 Å².